The van der Waals surface area contributed by atoms with Crippen LogP contribution in [0.4, 0.5) is 0 Å². The zero-order valence-electron chi connectivity index (χ0n) is 36.3. The number of allylic oxidation sites excluding steroid dienone is 4. The average molecular weight is 761 g/mol. The zero-order valence-corrected chi connectivity index (χ0v) is 36.3. The maximum Gasteiger partial charge on any atom is 0.306 e. The Balaban J connectivity index is 3.47. The van der Waals surface area contributed by atoms with Gasteiger partial charge in [-0.2, -0.15) is 0 Å². The van der Waals surface area contributed by atoms with E-state index in [0.717, 1.165) is 38.5 Å². The first kappa shape index (κ1) is 52.4. The van der Waals surface area contributed by atoms with Crippen LogP contribution in [0.3, 0.4) is 0 Å². The van der Waals surface area contributed by atoms with Gasteiger partial charge in [0.05, 0.1) is 6.61 Å². The van der Waals surface area contributed by atoms with Gasteiger partial charge in [-0.3, -0.25) is 9.59 Å². The summed E-state index contributed by atoms with van der Waals surface area (Å²) in [6.07, 6.45) is 55.4. The predicted octanol–water partition coefficient (Wildman–Crippen LogP) is 15.4. The first-order valence-corrected chi connectivity index (χ1v) is 23.9. The Labute approximate surface area is 336 Å². The molecule has 318 valence electrons. The molecule has 5 nitrogen and oxygen atoms in total. The maximum atomic E-state index is 12.2. The van der Waals surface area contributed by atoms with E-state index in [1.807, 2.05) is 0 Å². The number of aliphatic hydroxyl groups excluding tert-OH is 1. The maximum absolute atomic E-state index is 12.2. The van der Waals surface area contributed by atoms with Crippen LogP contribution in [0.1, 0.15) is 258 Å². The first-order chi connectivity index (χ1) is 26.6. The van der Waals surface area contributed by atoms with Gasteiger partial charge >= 0.3 is 11.9 Å². The van der Waals surface area contributed by atoms with Crippen LogP contribution in [0.25, 0.3) is 0 Å². The Bertz CT molecular complexity index is 821. The summed E-state index contributed by atoms with van der Waals surface area (Å²) in [6, 6.07) is 0. The highest BCUT2D eigenvalue weighted by Crippen LogP contribution is 2.16. The molecule has 0 unspecified atom stereocenters. The van der Waals surface area contributed by atoms with Gasteiger partial charge in [-0.05, 0) is 44.9 Å². The fraction of sp³-hybridized carbons (Fsp3) is 0.878. The van der Waals surface area contributed by atoms with Crippen LogP contribution in [0.2, 0.25) is 0 Å². The third-order valence-corrected chi connectivity index (χ3v) is 10.7. The van der Waals surface area contributed by atoms with Crippen LogP contribution >= 0.6 is 0 Å². The molecule has 0 saturated carbocycles. The molecule has 0 radical (unpaired) electrons. The predicted molar refractivity (Wildman–Crippen MR) is 233 cm³/mol. The summed E-state index contributed by atoms with van der Waals surface area (Å²) in [5, 5.41) is 9.60. The van der Waals surface area contributed by atoms with Crippen LogP contribution < -0.4 is 0 Å². The lowest BCUT2D eigenvalue weighted by atomic mass is 10.0. The molecule has 0 aliphatic rings. The summed E-state index contributed by atoms with van der Waals surface area (Å²) < 4.78 is 10.7. The molecular formula is C49H92O5. The SMILES string of the molecule is CCCCCC=CCC=CCCCCCCCCCCCC(=O)O[C@@H](CO)COC(=O)CCCCCCCCCCCCCCCCCCCCCCC. The van der Waals surface area contributed by atoms with Gasteiger partial charge < -0.3 is 14.6 Å². The molecule has 0 aliphatic heterocycles. The highest BCUT2D eigenvalue weighted by atomic mass is 16.6. The molecule has 0 aromatic heterocycles. The number of unbranched alkanes of at least 4 members (excludes halogenated alkanes) is 32. The van der Waals surface area contributed by atoms with Crippen molar-refractivity contribution >= 4 is 11.9 Å². The van der Waals surface area contributed by atoms with Crippen LogP contribution in [-0.4, -0.2) is 36.4 Å². The average Bonchev–Trinajstić information content (AvgIpc) is 3.17. The smallest absolute Gasteiger partial charge is 0.306 e. The van der Waals surface area contributed by atoms with Crippen LogP contribution in [0.15, 0.2) is 24.3 Å². The normalized spacial score (nSPS) is 12.3. The number of hydrogen-bond acceptors (Lipinski definition) is 5. The van der Waals surface area contributed by atoms with Crippen molar-refractivity contribution in [3.63, 3.8) is 0 Å². The van der Waals surface area contributed by atoms with Gasteiger partial charge in [0.1, 0.15) is 6.61 Å². The van der Waals surface area contributed by atoms with Crippen molar-refractivity contribution in [3.05, 3.63) is 24.3 Å². The van der Waals surface area contributed by atoms with E-state index in [-0.39, 0.29) is 25.2 Å². The summed E-state index contributed by atoms with van der Waals surface area (Å²) in [6.45, 7) is 4.15. The molecule has 0 heterocycles. The minimum absolute atomic E-state index is 0.0623. The molecule has 0 aliphatic carbocycles. The Morgan fingerprint density at radius 1 is 0.426 bits per heavy atom. The van der Waals surface area contributed by atoms with Crippen LogP contribution in [0.5, 0.6) is 0 Å². The molecule has 1 N–H and O–H groups in total. The van der Waals surface area contributed by atoms with Gasteiger partial charge in [-0.15, -0.1) is 0 Å². The second-order valence-corrected chi connectivity index (χ2v) is 16.2. The van der Waals surface area contributed by atoms with Crippen molar-refractivity contribution < 1.29 is 24.2 Å². The van der Waals surface area contributed by atoms with Crippen molar-refractivity contribution in [2.45, 2.75) is 264 Å². The summed E-state index contributed by atoms with van der Waals surface area (Å²) in [7, 11) is 0. The monoisotopic (exact) mass is 761 g/mol. The summed E-state index contributed by atoms with van der Waals surface area (Å²) in [5.41, 5.74) is 0. The largest absolute Gasteiger partial charge is 0.462 e. The quantitative estimate of drug-likeness (QED) is 0.0380. The third-order valence-electron chi connectivity index (χ3n) is 10.7. The molecule has 0 fully saturated rings. The molecular weight excluding hydrogens is 669 g/mol. The fourth-order valence-electron chi connectivity index (χ4n) is 7.12. The van der Waals surface area contributed by atoms with Gasteiger partial charge in [0.25, 0.3) is 0 Å². The Morgan fingerprint density at radius 3 is 1.13 bits per heavy atom. The number of hydrogen-bond donors (Lipinski definition) is 1. The van der Waals surface area contributed by atoms with E-state index in [9.17, 15) is 14.7 Å². The highest BCUT2D eigenvalue weighted by Gasteiger charge is 2.16. The lowest BCUT2D eigenvalue weighted by Crippen LogP contribution is -2.28. The van der Waals surface area contributed by atoms with Gasteiger partial charge in [0.2, 0.25) is 0 Å². The van der Waals surface area contributed by atoms with E-state index in [0.29, 0.717) is 12.8 Å². The lowest BCUT2D eigenvalue weighted by molar-refractivity contribution is -0.161. The minimum atomic E-state index is -0.770. The molecule has 0 aromatic carbocycles. The molecule has 0 spiro atoms. The van der Waals surface area contributed by atoms with Crippen LogP contribution in [0, 0.1) is 0 Å². The standard InChI is InChI=1S/C49H92O5/c1-3-5-7-9-11-13-15-17-19-21-23-24-26-27-29-31-33-35-37-39-41-43-48(51)53-46-47(45-50)54-49(52)44-42-40-38-36-34-32-30-28-25-22-20-18-16-14-12-10-8-6-4-2/h12,14,18,20,47,50H,3-11,13,15-17,19,21-46H2,1-2H3/t47-/m0/s1. The number of carbonyl (C=O) groups is 2. The van der Waals surface area contributed by atoms with Crippen molar-refractivity contribution in [1.29, 1.82) is 0 Å². The Kier molecular flexibility index (Phi) is 44.4. The second-order valence-electron chi connectivity index (χ2n) is 16.2. The van der Waals surface area contributed by atoms with E-state index in [1.165, 1.54) is 193 Å². The van der Waals surface area contributed by atoms with Crippen molar-refractivity contribution in [1.82, 2.24) is 0 Å². The van der Waals surface area contributed by atoms with E-state index >= 15 is 0 Å². The minimum Gasteiger partial charge on any atom is -0.462 e. The van der Waals surface area contributed by atoms with E-state index in [2.05, 4.69) is 38.2 Å². The molecule has 0 aromatic rings. The molecule has 0 saturated heterocycles. The first-order valence-electron chi connectivity index (χ1n) is 23.9. The Hall–Kier alpha value is -1.62. The van der Waals surface area contributed by atoms with Gasteiger partial charge in [0, 0.05) is 12.8 Å². The molecule has 0 rings (SSSR count). The summed E-state index contributed by atoms with van der Waals surface area (Å²) in [5.74, 6) is -0.581. The third kappa shape index (κ3) is 43.1. The molecule has 5 heteroatoms. The molecule has 0 bridgehead atoms. The van der Waals surface area contributed by atoms with E-state index in [4.69, 9.17) is 9.47 Å². The van der Waals surface area contributed by atoms with Crippen molar-refractivity contribution in [2.75, 3.05) is 13.2 Å². The molecule has 1 atom stereocenters. The lowest BCUT2D eigenvalue weighted by Gasteiger charge is -2.15. The Morgan fingerprint density at radius 2 is 0.741 bits per heavy atom. The van der Waals surface area contributed by atoms with Crippen molar-refractivity contribution in [3.8, 4) is 0 Å². The number of rotatable bonds is 44. The molecule has 0 amide bonds. The number of aliphatic hydroxyl groups is 1. The zero-order chi connectivity index (χ0) is 39.3. The highest BCUT2D eigenvalue weighted by molar-refractivity contribution is 5.70. The number of esters is 2. The van der Waals surface area contributed by atoms with Gasteiger partial charge in [-0.25, -0.2) is 0 Å². The second kappa shape index (κ2) is 45.8. The number of ether oxygens (including phenoxy) is 2. The van der Waals surface area contributed by atoms with Gasteiger partial charge in [-0.1, -0.05) is 224 Å². The fourth-order valence-corrected chi connectivity index (χ4v) is 7.12. The van der Waals surface area contributed by atoms with E-state index < -0.39 is 6.10 Å². The van der Waals surface area contributed by atoms with Crippen molar-refractivity contribution in [2.24, 2.45) is 0 Å². The summed E-state index contributed by atoms with van der Waals surface area (Å²) in [4.78, 5) is 24.4. The van der Waals surface area contributed by atoms with Crippen LogP contribution in [-0.2, 0) is 19.1 Å². The topological polar surface area (TPSA) is 72.8 Å². The summed E-state index contributed by atoms with van der Waals surface area (Å²) >= 11 is 0. The number of carbonyl (C=O) groups excluding carboxylic acids is 2. The van der Waals surface area contributed by atoms with E-state index in [1.54, 1.807) is 0 Å². The molecule has 54 heavy (non-hydrogen) atoms. The van der Waals surface area contributed by atoms with Gasteiger partial charge in [0.15, 0.2) is 6.10 Å².